The second kappa shape index (κ2) is 6.52. The Labute approximate surface area is 126 Å². The van der Waals surface area contributed by atoms with Crippen molar-refractivity contribution in [3.05, 3.63) is 57.7 Å². The van der Waals surface area contributed by atoms with E-state index in [0.29, 0.717) is 18.0 Å². The molecular weight excluding hydrogens is 320 g/mol. The van der Waals surface area contributed by atoms with E-state index in [0.717, 1.165) is 15.6 Å². The van der Waals surface area contributed by atoms with E-state index >= 15 is 0 Å². The molecule has 1 aromatic carbocycles. The molecule has 0 atom stereocenters. The van der Waals surface area contributed by atoms with Crippen molar-refractivity contribution in [2.45, 2.75) is 13.5 Å². The molecule has 1 amide bonds. The Morgan fingerprint density at radius 1 is 1.35 bits per heavy atom. The predicted molar refractivity (Wildman–Crippen MR) is 80.8 cm³/mol. The maximum atomic E-state index is 12.2. The number of halogens is 1. The molecule has 0 bridgehead atoms. The molecule has 0 aliphatic carbocycles. The molecule has 0 aliphatic rings. The van der Waals surface area contributed by atoms with Crippen LogP contribution in [0.2, 0.25) is 0 Å². The third-order valence-electron chi connectivity index (χ3n) is 2.92. The van der Waals surface area contributed by atoms with E-state index in [-0.39, 0.29) is 5.91 Å². The molecule has 2 rings (SSSR count). The highest BCUT2D eigenvalue weighted by Crippen LogP contribution is 2.21. The Hall–Kier alpha value is -1.88. The minimum absolute atomic E-state index is 0.133. The number of carbonyl (C=O) groups is 1. The van der Waals surface area contributed by atoms with Crippen LogP contribution in [0.15, 0.2) is 41.0 Å². The van der Waals surface area contributed by atoms with Gasteiger partial charge >= 0.3 is 0 Å². The van der Waals surface area contributed by atoms with Gasteiger partial charge in [0, 0.05) is 22.8 Å². The molecular formula is C15H15BrN2O2. The third-order valence-corrected chi connectivity index (χ3v) is 3.97. The van der Waals surface area contributed by atoms with E-state index < -0.39 is 0 Å². The van der Waals surface area contributed by atoms with E-state index in [1.54, 1.807) is 19.4 Å². The first-order chi connectivity index (χ1) is 9.63. The van der Waals surface area contributed by atoms with Crippen molar-refractivity contribution in [3.8, 4) is 5.88 Å². The molecule has 2 aromatic rings. The van der Waals surface area contributed by atoms with Gasteiger partial charge in [-0.25, -0.2) is 4.98 Å². The Balaban J connectivity index is 2.11. The van der Waals surface area contributed by atoms with Gasteiger partial charge in [-0.15, -0.1) is 0 Å². The maximum absolute atomic E-state index is 12.2. The molecule has 1 heterocycles. The molecule has 1 aromatic heterocycles. The van der Waals surface area contributed by atoms with Crippen molar-refractivity contribution < 1.29 is 9.53 Å². The smallest absolute Gasteiger partial charge is 0.252 e. The summed E-state index contributed by atoms with van der Waals surface area (Å²) in [6.45, 7) is 2.32. The van der Waals surface area contributed by atoms with Gasteiger partial charge in [-0.1, -0.05) is 18.2 Å². The maximum Gasteiger partial charge on any atom is 0.252 e. The van der Waals surface area contributed by atoms with Crippen molar-refractivity contribution in [1.82, 2.24) is 10.3 Å². The van der Waals surface area contributed by atoms with E-state index in [1.807, 2.05) is 31.2 Å². The largest absolute Gasteiger partial charge is 0.481 e. The molecule has 0 saturated carbocycles. The number of benzene rings is 1. The van der Waals surface area contributed by atoms with Crippen molar-refractivity contribution >= 4 is 21.8 Å². The van der Waals surface area contributed by atoms with Crippen LogP contribution in [0.25, 0.3) is 0 Å². The number of hydrogen-bond acceptors (Lipinski definition) is 3. The second-order valence-electron chi connectivity index (χ2n) is 4.29. The normalized spacial score (nSPS) is 10.2. The summed E-state index contributed by atoms with van der Waals surface area (Å²) in [4.78, 5) is 16.3. The van der Waals surface area contributed by atoms with Crippen LogP contribution in [0.4, 0.5) is 0 Å². The number of methoxy groups -OCH3 is 1. The molecule has 0 aliphatic heterocycles. The van der Waals surface area contributed by atoms with Crippen LogP contribution in [-0.4, -0.2) is 18.0 Å². The first-order valence-corrected chi connectivity index (χ1v) is 6.94. The molecule has 0 unspecified atom stereocenters. The van der Waals surface area contributed by atoms with Crippen molar-refractivity contribution in [3.63, 3.8) is 0 Å². The van der Waals surface area contributed by atoms with Crippen LogP contribution in [0, 0.1) is 6.92 Å². The molecule has 1 N–H and O–H groups in total. The van der Waals surface area contributed by atoms with Crippen molar-refractivity contribution in [1.29, 1.82) is 0 Å². The number of aromatic nitrogens is 1. The van der Waals surface area contributed by atoms with Crippen LogP contribution in [0.1, 0.15) is 21.5 Å². The number of rotatable bonds is 4. The van der Waals surface area contributed by atoms with Crippen LogP contribution in [0.3, 0.4) is 0 Å². The summed E-state index contributed by atoms with van der Waals surface area (Å²) in [7, 11) is 1.56. The minimum atomic E-state index is -0.133. The number of pyridine rings is 1. The van der Waals surface area contributed by atoms with Gasteiger partial charge in [-0.05, 0) is 40.5 Å². The first-order valence-electron chi connectivity index (χ1n) is 6.14. The predicted octanol–water partition coefficient (Wildman–Crippen LogP) is 3.09. The van der Waals surface area contributed by atoms with Gasteiger partial charge in [0.25, 0.3) is 5.91 Å². The highest BCUT2D eigenvalue weighted by atomic mass is 79.9. The lowest BCUT2D eigenvalue weighted by Crippen LogP contribution is -2.23. The van der Waals surface area contributed by atoms with E-state index in [9.17, 15) is 4.79 Å². The Morgan fingerprint density at radius 3 is 2.90 bits per heavy atom. The van der Waals surface area contributed by atoms with Gasteiger partial charge in [-0.2, -0.15) is 0 Å². The average molecular weight is 335 g/mol. The monoisotopic (exact) mass is 334 g/mol. The van der Waals surface area contributed by atoms with Crippen LogP contribution in [0.5, 0.6) is 5.88 Å². The van der Waals surface area contributed by atoms with Gasteiger partial charge in [0.05, 0.1) is 12.7 Å². The fraction of sp³-hybridized carbons (Fsp3) is 0.200. The summed E-state index contributed by atoms with van der Waals surface area (Å²) in [5.74, 6) is 0.391. The summed E-state index contributed by atoms with van der Waals surface area (Å²) in [6.07, 6.45) is 1.65. The number of carbonyl (C=O) groups excluding carboxylic acids is 1. The average Bonchev–Trinajstić information content (AvgIpc) is 2.48. The Morgan fingerprint density at radius 2 is 2.15 bits per heavy atom. The van der Waals surface area contributed by atoms with Crippen molar-refractivity contribution in [2.75, 3.05) is 7.11 Å². The highest BCUT2D eigenvalue weighted by Gasteiger charge is 2.12. The molecule has 20 heavy (non-hydrogen) atoms. The number of nitrogens with one attached hydrogen (secondary N) is 1. The minimum Gasteiger partial charge on any atom is -0.481 e. The van der Waals surface area contributed by atoms with Gasteiger partial charge in [0.15, 0.2) is 0 Å². The van der Waals surface area contributed by atoms with Crippen LogP contribution < -0.4 is 10.1 Å². The van der Waals surface area contributed by atoms with E-state index in [4.69, 9.17) is 4.74 Å². The molecule has 0 saturated heterocycles. The third kappa shape index (κ3) is 3.17. The molecule has 0 fully saturated rings. The quantitative estimate of drug-likeness (QED) is 0.934. The number of nitrogens with zero attached hydrogens (tertiary/aromatic N) is 1. The highest BCUT2D eigenvalue weighted by molar-refractivity contribution is 9.10. The van der Waals surface area contributed by atoms with E-state index in [1.165, 1.54) is 0 Å². The number of hydrogen-bond donors (Lipinski definition) is 1. The van der Waals surface area contributed by atoms with Crippen molar-refractivity contribution in [2.24, 2.45) is 0 Å². The first kappa shape index (κ1) is 14.5. The summed E-state index contributed by atoms with van der Waals surface area (Å²) in [6, 6.07) is 9.28. The van der Waals surface area contributed by atoms with Crippen LogP contribution >= 0.6 is 15.9 Å². The molecule has 0 spiro atoms. The zero-order valence-corrected chi connectivity index (χ0v) is 12.9. The fourth-order valence-electron chi connectivity index (χ4n) is 1.84. The SMILES string of the molecule is COc1ncccc1CNC(=O)c1cccc(C)c1Br. The summed E-state index contributed by atoms with van der Waals surface area (Å²) in [5, 5.41) is 2.87. The second-order valence-corrected chi connectivity index (χ2v) is 5.08. The lowest BCUT2D eigenvalue weighted by Gasteiger charge is -2.10. The number of amides is 1. The molecule has 5 heteroatoms. The van der Waals surface area contributed by atoms with Gasteiger partial charge in [0.2, 0.25) is 5.88 Å². The van der Waals surface area contributed by atoms with Gasteiger partial charge < -0.3 is 10.1 Å². The zero-order valence-electron chi connectivity index (χ0n) is 11.3. The lowest BCUT2D eigenvalue weighted by atomic mass is 10.1. The summed E-state index contributed by atoms with van der Waals surface area (Å²) >= 11 is 3.44. The van der Waals surface area contributed by atoms with Gasteiger partial charge in [-0.3, -0.25) is 4.79 Å². The number of aryl methyl sites for hydroxylation is 1. The molecule has 0 radical (unpaired) electrons. The van der Waals surface area contributed by atoms with Crippen LogP contribution in [-0.2, 0) is 6.54 Å². The lowest BCUT2D eigenvalue weighted by molar-refractivity contribution is 0.0949. The van der Waals surface area contributed by atoms with Gasteiger partial charge in [0.1, 0.15) is 0 Å². The standard InChI is InChI=1S/C15H15BrN2O2/c1-10-5-3-7-12(13(10)16)14(19)18-9-11-6-4-8-17-15(11)20-2/h3-8H,9H2,1-2H3,(H,18,19). The zero-order chi connectivity index (χ0) is 14.5. The Kier molecular flexibility index (Phi) is 4.74. The number of ether oxygens (including phenoxy) is 1. The molecule has 4 nitrogen and oxygen atoms in total. The summed E-state index contributed by atoms with van der Waals surface area (Å²) < 4.78 is 5.97. The summed E-state index contributed by atoms with van der Waals surface area (Å²) in [5.41, 5.74) is 2.48. The fourth-order valence-corrected chi connectivity index (χ4v) is 2.28. The van der Waals surface area contributed by atoms with E-state index in [2.05, 4.69) is 26.2 Å². The molecule has 104 valence electrons. The topological polar surface area (TPSA) is 51.2 Å². The Bertz CT molecular complexity index is 629.